The van der Waals surface area contributed by atoms with Gasteiger partial charge in [0.2, 0.25) is 10.0 Å². The fourth-order valence-electron chi connectivity index (χ4n) is 3.54. The molecule has 0 saturated carbocycles. The average molecular weight is 427 g/mol. The molecular weight excluding hydrogens is 392 g/mol. The van der Waals surface area contributed by atoms with Crippen LogP contribution in [0.5, 0.6) is 5.75 Å². The number of hydrogen-bond acceptors (Lipinski definition) is 5. The van der Waals surface area contributed by atoms with Gasteiger partial charge in [0, 0.05) is 19.7 Å². The van der Waals surface area contributed by atoms with Gasteiger partial charge >= 0.3 is 0 Å². The standard InChI is InChI=1S/C21H34N2O5S/c1-14(2)29(25,26)22-18-8-7-11-23(19(18)12-27-6)21(24)13-28-20-10-9-15(3)16(4)17(20)5/h9-10,14,18-19,22H,7-8,11-13H2,1-6H3/t18-,19?/m0/s1. The van der Waals surface area contributed by atoms with Gasteiger partial charge in [-0.25, -0.2) is 13.1 Å². The number of nitrogens with zero attached hydrogens (tertiary/aromatic N) is 1. The molecule has 164 valence electrons. The van der Waals surface area contributed by atoms with Crippen LogP contribution in [0.3, 0.4) is 0 Å². The number of rotatable bonds is 8. The normalized spacial score (nSPS) is 20.2. The molecule has 2 atom stereocenters. The van der Waals surface area contributed by atoms with E-state index in [4.69, 9.17) is 9.47 Å². The van der Waals surface area contributed by atoms with Crippen LogP contribution in [-0.2, 0) is 19.6 Å². The van der Waals surface area contributed by atoms with Crippen molar-refractivity contribution in [2.24, 2.45) is 0 Å². The van der Waals surface area contributed by atoms with E-state index in [0.717, 1.165) is 17.5 Å². The Labute approximate surface area is 174 Å². The number of aryl methyl sites for hydroxylation is 1. The van der Waals surface area contributed by atoms with Crippen LogP contribution < -0.4 is 9.46 Å². The summed E-state index contributed by atoms with van der Waals surface area (Å²) in [7, 11) is -1.89. The molecule has 0 spiro atoms. The Morgan fingerprint density at radius 3 is 2.55 bits per heavy atom. The third kappa shape index (κ3) is 5.71. The minimum atomic E-state index is -3.44. The largest absolute Gasteiger partial charge is 0.483 e. The first kappa shape index (κ1) is 23.6. The average Bonchev–Trinajstić information content (AvgIpc) is 2.66. The summed E-state index contributed by atoms with van der Waals surface area (Å²) < 4.78 is 38.6. The third-order valence-corrected chi connectivity index (χ3v) is 7.60. The Morgan fingerprint density at radius 1 is 1.24 bits per heavy atom. The Kier molecular flexibility index (Phi) is 8.08. The van der Waals surface area contributed by atoms with Crippen LogP contribution >= 0.6 is 0 Å². The molecule has 0 bridgehead atoms. The zero-order valence-electron chi connectivity index (χ0n) is 18.3. The van der Waals surface area contributed by atoms with Crippen molar-refractivity contribution in [3.8, 4) is 5.75 Å². The van der Waals surface area contributed by atoms with Gasteiger partial charge in [-0.3, -0.25) is 4.79 Å². The maximum atomic E-state index is 12.9. The van der Waals surface area contributed by atoms with Crippen LogP contribution in [0.1, 0.15) is 43.4 Å². The summed E-state index contributed by atoms with van der Waals surface area (Å²) in [5, 5.41) is -0.534. The van der Waals surface area contributed by atoms with Gasteiger partial charge < -0.3 is 14.4 Å². The SMILES string of the molecule is COCC1[C@@H](NS(=O)(=O)C(C)C)CCCN1C(=O)COc1ccc(C)c(C)c1C. The second kappa shape index (κ2) is 9.91. The van der Waals surface area contributed by atoms with Crippen molar-refractivity contribution in [1.82, 2.24) is 9.62 Å². The summed E-state index contributed by atoms with van der Waals surface area (Å²) >= 11 is 0. The highest BCUT2D eigenvalue weighted by atomic mass is 32.2. The Bertz CT molecular complexity index is 823. The number of carbonyl (C=O) groups is 1. The molecule has 1 saturated heterocycles. The predicted molar refractivity (Wildman–Crippen MR) is 114 cm³/mol. The molecule has 8 heteroatoms. The molecule has 2 rings (SSSR count). The van der Waals surface area contributed by atoms with Crippen LogP contribution in [-0.4, -0.2) is 63.4 Å². The fourth-order valence-corrected chi connectivity index (χ4v) is 4.51. The highest BCUT2D eigenvalue weighted by Gasteiger charge is 2.37. The molecule has 1 aliphatic rings. The van der Waals surface area contributed by atoms with E-state index in [0.29, 0.717) is 18.7 Å². The lowest BCUT2D eigenvalue weighted by Crippen LogP contribution is -2.60. The molecule has 1 amide bonds. The predicted octanol–water partition coefficient (Wildman–Crippen LogP) is 2.32. The topological polar surface area (TPSA) is 84.9 Å². The van der Waals surface area contributed by atoms with Crippen molar-refractivity contribution in [1.29, 1.82) is 0 Å². The number of piperidine rings is 1. The minimum absolute atomic E-state index is 0.0901. The van der Waals surface area contributed by atoms with Gasteiger partial charge in [0.05, 0.1) is 17.9 Å². The molecule has 1 aromatic rings. The number of hydrogen-bond donors (Lipinski definition) is 1. The summed E-state index contributed by atoms with van der Waals surface area (Å²) in [6.07, 6.45) is 1.39. The molecule has 0 radical (unpaired) electrons. The molecule has 0 aliphatic carbocycles. The number of sulfonamides is 1. The first-order chi connectivity index (χ1) is 13.6. The summed E-state index contributed by atoms with van der Waals surface area (Å²) in [5.74, 6) is 0.525. The monoisotopic (exact) mass is 426 g/mol. The van der Waals surface area contributed by atoms with Crippen molar-refractivity contribution >= 4 is 15.9 Å². The zero-order chi connectivity index (χ0) is 21.8. The first-order valence-electron chi connectivity index (χ1n) is 10.1. The molecule has 1 N–H and O–H groups in total. The molecule has 29 heavy (non-hydrogen) atoms. The molecule has 1 unspecified atom stereocenters. The van der Waals surface area contributed by atoms with E-state index >= 15 is 0 Å². The van der Waals surface area contributed by atoms with Crippen LogP contribution in [0.4, 0.5) is 0 Å². The Balaban J connectivity index is 2.12. The summed E-state index contributed by atoms with van der Waals surface area (Å²) in [5.41, 5.74) is 3.35. The van der Waals surface area contributed by atoms with Gasteiger partial charge in [0.25, 0.3) is 5.91 Å². The molecule has 0 aromatic heterocycles. The van der Waals surface area contributed by atoms with E-state index in [-0.39, 0.29) is 31.2 Å². The lowest BCUT2D eigenvalue weighted by atomic mass is 9.97. The minimum Gasteiger partial charge on any atom is -0.483 e. The maximum Gasteiger partial charge on any atom is 0.260 e. The summed E-state index contributed by atoms with van der Waals surface area (Å²) in [6.45, 7) is 10.1. The fraction of sp³-hybridized carbons (Fsp3) is 0.667. The van der Waals surface area contributed by atoms with Crippen molar-refractivity contribution < 1.29 is 22.7 Å². The van der Waals surface area contributed by atoms with Crippen LogP contribution in [0.15, 0.2) is 12.1 Å². The number of ether oxygens (including phenoxy) is 2. The smallest absolute Gasteiger partial charge is 0.260 e. The third-order valence-electron chi connectivity index (χ3n) is 5.73. The summed E-state index contributed by atoms with van der Waals surface area (Å²) in [4.78, 5) is 14.6. The van der Waals surface area contributed by atoms with Crippen LogP contribution in [0, 0.1) is 20.8 Å². The number of methoxy groups -OCH3 is 1. The Hall–Kier alpha value is -1.64. The van der Waals surface area contributed by atoms with Crippen molar-refractivity contribution in [2.75, 3.05) is 26.9 Å². The second-order valence-electron chi connectivity index (χ2n) is 7.99. The second-order valence-corrected chi connectivity index (χ2v) is 10.3. The van der Waals surface area contributed by atoms with Gasteiger partial charge in [-0.2, -0.15) is 0 Å². The number of amides is 1. The quantitative estimate of drug-likeness (QED) is 0.690. The first-order valence-corrected chi connectivity index (χ1v) is 11.6. The highest BCUT2D eigenvalue weighted by Crippen LogP contribution is 2.25. The van der Waals surface area contributed by atoms with Gasteiger partial charge in [0.1, 0.15) is 5.75 Å². The number of nitrogens with one attached hydrogen (secondary N) is 1. The molecule has 1 aliphatic heterocycles. The van der Waals surface area contributed by atoms with Crippen molar-refractivity contribution in [3.05, 3.63) is 28.8 Å². The zero-order valence-corrected chi connectivity index (χ0v) is 19.1. The van der Waals surface area contributed by atoms with E-state index in [1.165, 1.54) is 5.56 Å². The van der Waals surface area contributed by atoms with Crippen LogP contribution in [0.25, 0.3) is 0 Å². The maximum absolute atomic E-state index is 12.9. The van der Waals surface area contributed by atoms with Gasteiger partial charge in [-0.05, 0) is 70.2 Å². The van der Waals surface area contributed by atoms with E-state index in [2.05, 4.69) is 4.72 Å². The number of likely N-dealkylation sites (tertiary alicyclic amines) is 1. The van der Waals surface area contributed by atoms with E-state index in [1.807, 2.05) is 32.9 Å². The highest BCUT2D eigenvalue weighted by molar-refractivity contribution is 7.90. The lowest BCUT2D eigenvalue weighted by molar-refractivity contribution is -0.139. The lowest BCUT2D eigenvalue weighted by Gasteiger charge is -2.41. The molecular formula is C21H34N2O5S. The number of carbonyl (C=O) groups excluding carboxylic acids is 1. The van der Waals surface area contributed by atoms with Crippen molar-refractivity contribution in [3.63, 3.8) is 0 Å². The molecule has 1 heterocycles. The van der Waals surface area contributed by atoms with Crippen molar-refractivity contribution in [2.45, 2.75) is 64.8 Å². The number of benzene rings is 1. The van der Waals surface area contributed by atoms with Gasteiger partial charge in [-0.1, -0.05) is 6.07 Å². The molecule has 1 aromatic carbocycles. The molecule has 1 fully saturated rings. The van der Waals surface area contributed by atoms with Crippen LogP contribution in [0.2, 0.25) is 0 Å². The van der Waals surface area contributed by atoms with E-state index in [9.17, 15) is 13.2 Å². The summed E-state index contributed by atoms with van der Waals surface area (Å²) in [6, 6.07) is 3.13. The van der Waals surface area contributed by atoms with E-state index in [1.54, 1.807) is 25.9 Å². The van der Waals surface area contributed by atoms with E-state index < -0.39 is 15.3 Å². The van der Waals surface area contributed by atoms with Gasteiger partial charge in [0.15, 0.2) is 6.61 Å². The van der Waals surface area contributed by atoms with Gasteiger partial charge in [-0.15, -0.1) is 0 Å². The Morgan fingerprint density at radius 2 is 1.93 bits per heavy atom. The molecule has 7 nitrogen and oxygen atoms in total.